The summed E-state index contributed by atoms with van der Waals surface area (Å²) in [6.45, 7) is 4.54. The Morgan fingerprint density at radius 1 is 1.00 bits per heavy atom. The second-order valence-electron chi connectivity index (χ2n) is 6.16. The van der Waals surface area contributed by atoms with Crippen molar-refractivity contribution in [1.82, 2.24) is 5.32 Å². The van der Waals surface area contributed by atoms with Gasteiger partial charge in [-0.25, -0.2) is 0 Å². The molecule has 0 spiro atoms. The maximum absolute atomic E-state index is 11.8. The molecule has 1 N–H and O–H groups in total. The highest BCUT2D eigenvalue weighted by molar-refractivity contribution is 5.76. The fourth-order valence-electron chi connectivity index (χ4n) is 2.47. The van der Waals surface area contributed by atoms with E-state index in [1.807, 2.05) is 62.4 Å². The van der Waals surface area contributed by atoms with Crippen molar-refractivity contribution in [1.29, 1.82) is 0 Å². The molecule has 0 saturated heterocycles. The molecule has 1 amide bonds. The Morgan fingerprint density at radius 3 is 2.44 bits per heavy atom. The average molecular weight is 339 g/mol. The molecule has 4 nitrogen and oxygen atoms in total. The van der Waals surface area contributed by atoms with Gasteiger partial charge in [0, 0.05) is 6.42 Å². The first-order chi connectivity index (χ1) is 12.0. The minimum absolute atomic E-state index is 0.0319. The zero-order valence-corrected chi connectivity index (χ0v) is 14.9. The summed E-state index contributed by atoms with van der Waals surface area (Å²) in [6, 6.07) is 15.9. The van der Waals surface area contributed by atoms with Gasteiger partial charge in [-0.15, -0.1) is 0 Å². The van der Waals surface area contributed by atoms with E-state index in [1.54, 1.807) is 0 Å². The van der Waals surface area contributed by atoms with Gasteiger partial charge in [0.25, 0.3) is 0 Å². The smallest absolute Gasteiger partial charge is 0.310 e. The molecule has 0 aliphatic rings. The van der Waals surface area contributed by atoms with E-state index in [9.17, 15) is 9.59 Å². The topological polar surface area (TPSA) is 55.4 Å². The number of hydrogen-bond acceptors (Lipinski definition) is 3. The van der Waals surface area contributed by atoms with Crippen LogP contribution in [0.1, 0.15) is 28.7 Å². The molecule has 0 fully saturated rings. The summed E-state index contributed by atoms with van der Waals surface area (Å²) in [5, 5.41) is 2.78. The highest BCUT2D eigenvalue weighted by atomic mass is 16.5. The third kappa shape index (κ3) is 6.79. The third-order valence-electron chi connectivity index (χ3n) is 4.04. The minimum Gasteiger partial charge on any atom is -0.464 e. The lowest BCUT2D eigenvalue weighted by atomic mass is 10.1. The van der Waals surface area contributed by atoms with Gasteiger partial charge in [-0.1, -0.05) is 54.1 Å². The Balaban J connectivity index is 1.60. The van der Waals surface area contributed by atoms with Crippen LogP contribution in [0.25, 0.3) is 0 Å². The molecule has 0 bridgehead atoms. The van der Waals surface area contributed by atoms with Gasteiger partial charge in [0.05, 0.1) is 13.0 Å². The van der Waals surface area contributed by atoms with E-state index in [1.165, 1.54) is 5.56 Å². The van der Waals surface area contributed by atoms with E-state index < -0.39 is 0 Å². The lowest BCUT2D eigenvalue weighted by Crippen LogP contribution is -2.28. The second kappa shape index (κ2) is 9.62. The highest BCUT2D eigenvalue weighted by Crippen LogP contribution is 2.08. The number of benzene rings is 2. The molecule has 2 aromatic carbocycles. The highest BCUT2D eigenvalue weighted by Gasteiger charge is 2.07. The predicted molar refractivity (Wildman–Crippen MR) is 98.4 cm³/mol. The van der Waals surface area contributed by atoms with Crippen molar-refractivity contribution in [2.75, 3.05) is 13.2 Å². The number of aryl methyl sites for hydroxylation is 3. The van der Waals surface area contributed by atoms with Crippen LogP contribution in [0.15, 0.2) is 48.5 Å². The molecule has 0 heterocycles. The van der Waals surface area contributed by atoms with Gasteiger partial charge in [0.1, 0.15) is 6.61 Å². The van der Waals surface area contributed by atoms with Crippen LogP contribution in [-0.4, -0.2) is 25.0 Å². The van der Waals surface area contributed by atoms with Gasteiger partial charge in [-0.05, 0) is 37.0 Å². The zero-order chi connectivity index (χ0) is 18.1. The summed E-state index contributed by atoms with van der Waals surface area (Å²) in [5.74, 6) is -0.307. The van der Waals surface area contributed by atoms with Gasteiger partial charge in [-0.2, -0.15) is 0 Å². The molecule has 132 valence electrons. The lowest BCUT2D eigenvalue weighted by molar-refractivity contribution is -0.143. The number of carbonyl (C=O) groups excluding carboxylic acids is 2. The van der Waals surface area contributed by atoms with Crippen LogP contribution in [0.5, 0.6) is 0 Å². The van der Waals surface area contributed by atoms with Gasteiger partial charge >= 0.3 is 5.97 Å². The van der Waals surface area contributed by atoms with Crippen LogP contribution in [0.4, 0.5) is 0 Å². The first-order valence-corrected chi connectivity index (χ1v) is 8.57. The molecule has 0 radical (unpaired) electrons. The number of rotatable bonds is 8. The Bertz CT molecular complexity index is 707. The maximum Gasteiger partial charge on any atom is 0.310 e. The van der Waals surface area contributed by atoms with Crippen molar-refractivity contribution in [3.63, 3.8) is 0 Å². The van der Waals surface area contributed by atoms with Gasteiger partial charge in [0.15, 0.2) is 0 Å². The first kappa shape index (κ1) is 18.7. The van der Waals surface area contributed by atoms with Crippen LogP contribution in [0.2, 0.25) is 0 Å². The summed E-state index contributed by atoms with van der Waals surface area (Å²) in [4.78, 5) is 23.6. The van der Waals surface area contributed by atoms with E-state index in [0.29, 0.717) is 19.4 Å². The van der Waals surface area contributed by atoms with Crippen molar-refractivity contribution in [3.8, 4) is 0 Å². The maximum atomic E-state index is 11.8. The van der Waals surface area contributed by atoms with Crippen LogP contribution in [0.3, 0.4) is 0 Å². The van der Waals surface area contributed by atoms with E-state index in [0.717, 1.165) is 16.7 Å². The number of esters is 1. The molecule has 25 heavy (non-hydrogen) atoms. The quantitative estimate of drug-likeness (QED) is 0.594. The third-order valence-corrected chi connectivity index (χ3v) is 4.04. The SMILES string of the molecule is Cc1ccc(CCC(=O)NCCOC(=O)Cc2ccccc2C)cc1. The lowest BCUT2D eigenvalue weighted by Gasteiger charge is -2.08. The molecule has 4 heteroatoms. The Morgan fingerprint density at radius 2 is 1.72 bits per heavy atom. The van der Waals surface area contributed by atoms with E-state index in [4.69, 9.17) is 4.74 Å². The normalized spacial score (nSPS) is 10.3. The number of amides is 1. The van der Waals surface area contributed by atoms with Gasteiger partial charge in [0.2, 0.25) is 5.91 Å². The van der Waals surface area contributed by atoms with E-state index in [2.05, 4.69) is 5.32 Å². The summed E-state index contributed by atoms with van der Waals surface area (Å²) in [5.41, 5.74) is 4.39. The van der Waals surface area contributed by atoms with E-state index >= 15 is 0 Å². The van der Waals surface area contributed by atoms with Crippen molar-refractivity contribution in [2.24, 2.45) is 0 Å². The van der Waals surface area contributed by atoms with Crippen LogP contribution in [0, 0.1) is 13.8 Å². The number of ether oxygens (including phenoxy) is 1. The summed E-state index contributed by atoms with van der Waals surface area (Å²) < 4.78 is 5.17. The number of hydrogen-bond donors (Lipinski definition) is 1. The molecule has 0 aliphatic heterocycles. The molecule has 2 aromatic rings. The van der Waals surface area contributed by atoms with Crippen molar-refractivity contribution < 1.29 is 14.3 Å². The summed E-state index contributed by atoms with van der Waals surface area (Å²) in [7, 11) is 0. The molecule has 0 aliphatic carbocycles. The summed E-state index contributed by atoms with van der Waals surface area (Å²) in [6.07, 6.45) is 1.40. The molecule has 0 atom stereocenters. The van der Waals surface area contributed by atoms with Crippen molar-refractivity contribution in [3.05, 3.63) is 70.8 Å². The van der Waals surface area contributed by atoms with Crippen LogP contribution in [-0.2, 0) is 27.2 Å². The summed E-state index contributed by atoms with van der Waals surface area (Å²) >= 11 is 0. The largest absolute Gasteiger partial charge is 0.464 e. The number of nitrogens with one attached hydrogen (secondary N) is 1. The van der Waals surface area contributed by atoms with Gasteiger partial charge < -0.3 is 10.1 Å². The second-order valence-corrected chi connectivity index (χ2v) is 6.16. The monoisotopic (exact) mass is 339 g/mol. The van der Waals surface area contributed by atoms with Crippen molar-refractivity contribution >= 4 is 11.9 Å². The molecular weight excluding hydrogens is 314 g/mol. The fraction of sp³-hybridized carbons (Fsp3) is 0.333. The average Bonchev–Trinajstić information content (AvgIpc) is 2.60. The van der Waals surface area contributed by atoms with Crippen LogP contribution >= 0.6 is 0 Å². The van der Waals surface area contributed by atoms with Gasteiger partial charge in [-0.3, -0.25) is 9.59 Å². The zero-order valence-electron chi connectivity index (χ0n) is 14.9. The predicted octanol–water partition coefficient (Wildman–Crippen LogP) is 3.14. The molecule has 0 saturated carbocycles. The molecule has 0 aromatic heterocycles. The van der Waals surface area contributed by atoms with Crippen molar-refractivity contribution in [2.45, 2.75) is 33.1 Å². The molecule has 0 unspecified atom stereocenters. The van der Waals surface area contributed by atoms with E-state index in [-0.39, 0.29) is 24.9 Å². The fourth-order valence-corrected chi connectivity index (χ4v) is 2.47. The first-order valence-electron chi connectivity index (χ1n) is 8.57. The number of carbonyl (C=O) groups is 2. The Labute approximate surface area is 149 Å². The van der Waals surface area contributed by atoms with Crippen LogP contribution < -0.4 is 5.32 Å². The standard InChI is InChI=1S/C21H25NO3/c1-16-7-9-18(10-8-16)11-12-20(23)22-13-14-25-21(24)15-19-6-4-3-5-17(19)2/h3-10H,11-15H2,1-2H3,(H,22,23). The minimum atomic E-state index is -0.275. The Kier molecular flexibility index (Phi) is 7.20. The molecular formula is C21H25NO3. The Hall–Kier alpha value is -2.62. The molecule has 2 rings (SSSR count).